The van der Waals surface area contributed by atoms with Crippen LogP contribution in [0.2, 0.25) is 0 Å². The molecule has 0 N–H and O–H groups in total. The van der Waals surface area contributed by atoms with Gasteiger partial charge in [0, 0.05) is 22.3 Å². The van der Waals surface area contributed by atoms with Crippen LogP contribution in [0.4, 0.5) is 0 Å². The summed E-state index contributed by atoms with van der Waals surface area (Å²) in [6.45, 7) is 4.23. The molecule has 0 amide bonds. The standard InChI is InChI=1S/C38H30O/c1-27-19-23-31(24-20-27)35-17-9-15-33(29-11-5-3-6-12-29)37(35)39-38-34(30-13-7-4-8-14-30)16-10-18-36(38)32-25-21-28(2)22-26-32/h3-26H,1-2H3. The van der Waals surface area contributed by atoms with Crippen molar-refractivity contribution in [1.29, 1.82) is 0 Å². The Kier molecular flexibility index (Phi) is 6.80. The first-order valence-electron chi connectivity index (χ1n) is 13.4. The molecule has 0 saturated carbocycles. The Hall–Kier alpha value is -4.88. The van der Waals surface area contributed by atoms with Crippen LogP contribution < -0.4 is 4.74 Å². The quantitative estimate of drug-likeness (QED) is 0.220. The van der Waals surface area contributed by atoms with Crippen LogP contribution in [0.1, 0.15) is 11.1 Å². The molecule has 0 aromatic heterocycles. The van der Waals surface area contributed by atoms with Crippen molar-refractivity contribution in [2.24, 2.45) is 0 Å². The molecule has 0 heterocycles. The minimum atomic E-state index is 0.851. The Bertz CT molecular complexity index is 1570. The minimum absolute atomic E-state index is 0.851. The molecule has 6 rings (SSSR count). The highest BCUT2D eigenvalue weighted by Gasteiger charge is 2.20. The second-order valence-corrected chi connectivity index (χ2v) is 9.93. The fourth-order valence-electron chi connectivity index (χ4n) is 5.01. The van der Waals surface area contributed by atoms with Gasteiger partial charge in [-0.3, -0.25) is 0 Å². The lowest BCUT2D eigenvalue weighted by atomic mass is 9.95. The van der Waals surface area contributed by atoms with Crippen molar-refractivity contribution in [1.82, 2.24) is 0 Å². The second-order valence-electron chi connectivity index (χ2n) is 9.93. The number of aryl methyl sites for hydroxylation is 2. The third-order valence-corrected chi connectivity index (χ3v) is 7.13. The van der Waals surface area contributed by atoms with E-state index < -0.39 is 0 Å². The summed E-state index contributed by atoms with van der Waals surface area (Å²) >= 11 is 0. The maximum atomic E-state index is 7.18. The van der Waals surface area contributed by atoms with Crippen molar-refractivity contribution in [3.8, 4) is 56.0 Å². The third-order valence-electron chi connectivity index (χ3n) is 7.13. The molecular formula is C38H30O. The molecule has 0 spiro atoms. The van der Waals surface area contributed by atoms with Crippen LogP contribution in [-0.4, -0.2) is 0 Å². The molecule has 0 unspecified atom stereocenters. The molecule has 188 valence electrons. The van der Waals surface area contributed by atoms with Gasteiger partial charge in [-0.2, -0.15) is 0 Å². The van der Waals surface area contributed by atoms with Gasteiger partial charge < -0.3 is 4.74 Å². The summed E-state index contributed by atoms with van der Waals surface area (Å²) < 4.78 is 7.18. The zero-order valence-corrected chi connectivity index (χ0v) is 22.3. The molecule has 0 atom stereocenters. The number of para-hydroxylation sites is 2. The Balaban J connectivity index is 1.61. The first kappa shape index (κ1) is 24.5. The zero-order valence-electron chi connectivity index (χ0n) is 22.3. The molecule has 0 fully saturated rings. The van der Waals surface area contributed by atoms with Crippen molar-refractivity contribution in [2.45, 2.75) is 13.8 Å². The lowest BCUT2D eigenvalue weighted by molar-refractivity contribution is 0.490. The molecule has 39 heavy (non-hydrogen) atoms. The molecule has 0 bridgehead atoms. The van der Waals surface area contributed by atoms with Gasteiger partial charge in [-0.1, -0.05) is 157 Å². The van der Waals surface area contributed by atoms with Gasteiger partial charge in [-0.15, -0.1) is 0 Å². The Labute approximate surface area is 231 Å². The Morgan fingerprint density at radius 2 is 0.615 bits per heavy atom. The normalized spacial score (nSPS) is 10.8. The summed E-state index contributed by atoms with van der Waals surface area (Å²) in [4.78, 5) is 0. The smallest absolute Gasteiger partial charge is 0.143 e. The van der Waals surface area contributed by atoms with E-state index in [0.29, 0.717) is 0 Å². The molecule has 0 radical (unpaired) electrons. The zero-order chi connectivity index (χ0) is 26.6. The number of hydrogen-bond donors (Lipinski definition) is 0. The SMILES string of the molecule is Cc1ccc(-c2cccc(-c3ccccc3)c2Oc2c(-c3ccccc3)cccc2-c2ccc(C)cc2)cc1. The van der Waals surface area contributed by atoms with Crippen LogP contribution in [0.15, 0.2) is 146 Å². The highest BCUT2D eigenvalue weighted by molar-refractivity contribution is 5.87. The fourth-order valence-corrected chi connectivity index (χ4v) is 5.01. The monoisotopic (exact) mass is 502 g/mol. The Morgan fingerprint density at radius 3 is 0.949 bits per heavy atom. The molecule has 6 aromatic rings. The predicted octanol–water partition coefficient (Wildman–Crippen LogP) is 10.8. The number of benzene rings is 6. The van der Waals surface area contributed by atoms with E-state index in [1.165, 1.54) is 11.1 Å². The molecule has 0 saturated heterocycles. The van der Waals surface area contributed by atoms with E-state index in [0.717, 1.165) is 56.0 Å². The largest absolute Gasteiger partial charge is 0.455 e. The van der Waals surface area contributed by atoms with Crippen molar-refractivity contribution >= 4 is 0 Å². The average Bonchev–Trinajstić information content (AvgIpc) is 2.99. The number of hydrogen-bond acceptors (Lipinski definition) is 1. The van der Waals surface area contributed by atoms with Gasteiger partial charge in [0.15, 0.2) is 0 Å². The topological polar surface area (TPSA) is 9.23 Å². The summed E-state index contributed by atoms with van der Waals surface area (Å²) in [7, 11) is 0. The van der Waals surface area contributed by atoms with Gasteiger partial charge >= 0.3 is 0 Å². The van der Waals surface area contributed by atoms with Crippen molar-refractivity contribution in [3.05, 3.63) is 157 Å². The number of rotatable bonds is 6. The highest BCUT2D eigenvalue weighted by atomic mass is 16.5. The van der Waals surface area contributed by atoms with Gasteiger partial charge in [-0.25, -0.2) is 0 Å². The Morgan fingerprint density at radius 1 is 0.308 bits per heavy atom. The highest BCUT2D eigenvalue weighted by Crippen LogP contribution is 2.47. The van der Waals surface area contributed by atoms with E-state index in [9.17, 15) is 0 Å². The van der Waals surface area contributed by atoms with Crippen LogP contribution in [0.3, 0.4) is 0 Å². The van der Waals surface area contributed by atoms with E-state index in [1.54, 1.807) is 0 Å². The summed E-state index contributed by atoms with van der Waals surface area (Å²) in [5.74, 6) is 1.70. The van der Waals surface area contributed by atoms with E-state index in [2.05, 4.69) is 147 Å². The maximum Gasteiger partial charge on any atom is 0.143 e. The number of ether oxygens (including phenoxy) is 1. The van der Waals surface area contributed by atoms with E-state index in [-0.39, 0.29) is 0 Å². The molecule has 0 aliphatic rings. The molecule has 6 aromatic carbocycles. The van der Waals surface area contributed by atoms with E-state index in [1.807, 2.05) is 12.1 Å². The molecule has 0 aliphatic carbocycles. The van der Waals surface area contributed by atoms with Gasteiger partial charge in [0.1, 0.15) is 11.5 Å². The van der Waals surface area contributed by atoms with Crippen LogP contribution in [-0.2, 0) is 0 Å². The molecule has 0 aliphatic heterocycles. The summed E-state index contributed by atoms with van der Waals surface area (Å²) in [5.41, 5.74) is 11.2. The lowest BCUT2D eigenvalue weighted by Gasteiger charge is -2.21. The second kappa shape index (κ2) is 10.8. The van der Waals surface area contributed by atoms with Crippen molar-refractivity contribution < 1.29 is 4.74 Å². The van der Waals surface area contributed by atoms with Gasteiger partial charge in [0.05, 0.1) is 0 Å². The van der Waals surface area contributed by atoms with E-state index in [4.69, 9.17) is 4.74 Å². The molecular weight excluding hydrogens is 472 g/mol. The van der Waals surface area contributed by atoms with Crippen LogP contribution in [0.5, 0.6) is 11.5 Å². The van der Waals surface area contributed by atoms with Gasteiger partial charge in [-0.05, 0) is 36.1 Å². The fraction of sp³-hybridized carbons (Fsp3) is 0.0526. The predicted molar refractivity (Wildman–Crippen MR) is 164 cm³/mol. The van der Waals surface area contributed by atoms with Gasteiger partial charge in [0.25, 0.3) is 0 Å². The van der Waals surface area contributed by atoms with Crippen molar-refractivity contribution in [2.75, 3.05) is 0 Å². The summed E-state index contributed by atoms with van der Waals surface area (Å²) in [6.07, 6.45) is 0. The lowest BCUT2D eigenvalue weighted by Crippen LogP contribution is -1.97. The maximum absolute atomic E-state index is 7.18. The molecule has 1 heteroatoms. The summed E-state index contributed by atoms with van der Waals surface area (Å²) in [5, 5.41) is 0. The van der Waals surface area contributed by atoms with Crippen LogP contribution in [0.25, 0.3) is 44.5 Å². The third kappa shape index (κ3) is 5.12. The first-order valence-corrected chi connectivity index (χ1v) is 13.4. The van der Waals surface area contributed by atoms with Gasteiger partial charge in [0.2, 0.25) is 0 Å². The van der Waals surface area contributed by atoms with E-state index >= 15 is 0 Å². The average molecular weight is 503 g/mol. The van der Waals surface area contributed by atoms with Crippen molar-refractivity contribution in [3.63, 3.8) is 0 Å². The molecule has 1 nitrogen and oxygen atoms in total. The van der Waals surface area contributed by atoms with Crippen LogP contribution in [0, 0.1) is 13.8 Å². The summed E-state index contributed by atoms with van der Waals surface area (Å²) in [6, 6.07) is 51.2. The minimum Gasteiger partial charge on any atom is -0.455 e. The first-order chi connectivity index (χ1) is 19.2. The van der Waals surface area contributed by atoms with Crippen LogP contribution >= 0.6 is 0 Å².